The molecular weight excluding hydrogens is 245 g/mol. The second-order valence-corrected chi connectivity index (χ2v) is 4.99. The zero-order valence-electron chi connectivity index (χ0n) is 10.7. The molecule has 0 radical (unpaired) electrons. The SMILES string of the molecule is CCCN(CC(F)(F)F)C(=O)C1CCC(N)CC1. The van der Waals surface area contributed by atoms with Crippen molar-refractivity contribution in [3.8, 4) is 0 Å². The third kappa shape index (κ3) is 4.84. The summed E-state index contributed by atoms with van der Waals surface area (Å²) in [6.07, 6.45) is -1.12. The van der Waals surface area contributed by atoms with Gasteiger partial charge in [0.1, 0.15) is 6.54 Å². The maximum absolute atomic E-state index is 12.4. The normalized spacial score (nSPS) is 24.9. The number of nitrogens with zero attached hydrogens (tertiary/aromatic N) is 1. The Labute approximate surface area is 106 Å². The van der Waals surface area contributed by atoms with Crippen LogP contribution in [0.5, 0.6) is 0 Å². The number of rotatable bonds is 4. The largest absolute Gasteiger partial charge is 0.406 e. The standard InChI is InChI=1S/C12H21F3N2O/c1-2-7-17(8-12(13,14)15)11(18)9-3-5-10(16)6-4-9/h9-10H,2-8,16H2,1H3. The molecule has 0 bridgehead atoms. The monoisotopic (exact) mass is 266 g/mol. The van der Waals surface area contributed by atoms with Crippen LogP contribution in [-0.2, 0) is 4.79 Å². The Hall–Kier alpha value is -0.780. The molecule has 0 heterocycles. The van der Waals surface area contributed by atoms with Crippen LogP contribution in [-0.4, -0.2) is 36.1 Å². The highest BCUT2D eigenvalue weighted by Crippen LogP contribution is 2.26. The van der Waals surface area contributed by atoms with Gasteiger partial charge in [0, 0.05) is 18.5 Å². The minimum absolute atomic E-state index is 0.0938. The summed E-state index contributed by atoms with van der Waals surface area (Å²) >= 11 is 0. The van der Waals surface area contributed by atoms with E-state index in [2.05, 4.69) is 0 Å². The lowest BCUT2D eigenvalue weighted by molar-refractivity contribution is -0.164. The van der Waals surface area contributed by atoms with Gasteiger partial charge in [0.2, 0.25) is 5.91 Å². The van der Waals surface area contributed by atoms with Crippen molar-refractivity contribution in [1.29, 1.82) is 0 Å². The van der Waals surface area contributed by atoms with Crippen LogP contribution in [0.4, 0.5) is 13.2 Å². The number of carbonyl (C=O) groups excluding carboxylic acids is 1. The lowest BCUT2D eigenvalue weighted by atomic mass is 9.85. The summed E-state index contributed by atoms with van der Waals surface area (Å²) in [5.74, 6) is -0.639. The molecule has 0 spiro atoms. The second-order valence-electron chi connectivity index (χ2n) is 4.99. The van der Waals surface area contributed by atoms with Crippen molar-refractivity contribution in [2.24, 2.45) is 11.7 Å². The third-order valence-electron chi connectivity index (χ3n) is 3.30. The Bertz CT molecular complexity index is 273. The van der Waals surface area contributed by atoms with Crippen LogP contribution >= 0.6 is 0 Å². The number of nitrogens with two attached hydrogens (primary N) is 1. The molecule has 0 unspecified atom stereocenters. The number of hydrogen-bond acceptors (Lipinski definition) is 2. The molecule has 0 aromatic carbocycles. The number of carbonyl (C=O) groups is 1. The highest BCUT2D eigenvalue weighted by Gasteiger charge is 2.35. The van der Waals surface area contributed by atoms with Crippen LogP contribution in [0.1, 0.15) is 39.0 Å². The first-order valence-electron chi connectivity index (χ1n) is 6.44. The van der Waals surface area contributed by atoms with Gasteiger partial charge >= 0.3 is 6.18 Å². The molecule has 0 atom stereocenters. The molecular formula is C12H21F3N2O. The molecule has 106 valence electrons. The molecule has 1 rings (SSSR count). The highest BCUT2D eigenvalue weighted by atomic mass is 19.4. The summed E-state index contributed by atoms with van der Waals surface area (Å²) in [6.45, 7) is 0.802. The summed E-state index contributed by atoms with van der Waals surface area (Å²) < 4.78 is 37.2. The van der Waals surface area contributed by atoms with Crippen molar-refractivity contribution >= 4 is 5.91 Å². The van der Waals surface area contributed by atoms with E-state index in [1.54, 1.807) is 6.92 Å². The van der Waals surface area contributed by atoms with E-state index in [1.807, 2.05) is 0 Å². The Morgan fingerprint density at radius 1 is 1.28 bits per heavy atom. The van der Waals surface area contributed by atoms with Crippen LogP contribution < -0.4 is 5.73 Å². The Morgan fingerprint density at radius 2 is 1.83 bits per heavy atom. The van der Waals surface area contributed by atoms with Crippen molar-refractivity contribution in [1.82, 2.24) is 4.90 Å². The fourth-order valence-corrected chi connectivity index (χ4v) is 2.38. The van der Waals surface area contributed by atoms with Crippen molar-refractivity contribution < 1.29 is 18.0 Å². The van der Waals surface area contributed by atoms with E-state index in [-0.39, 0.29) is 24.4 Å². The fraction of sp³-hybridized carbons (Fsp3) is 0.917. The average Bonchev–Trinajstić information content (AvgIpc) is 2.27. The molecule has 18 heavy (non-hydrogen) atoms. The van der Waals surface area contributed by atoms with Crippen molar-refractivity contribution in [3.05, 3.63) is 0 Å². The van der Waals surface area contributed by atoms with Crippen molar-refractivity contribution in [2.45, 2.75) is 51.2 Å². The Balaban J connectivity index is 2.59. The average molecular weight is 266 g/mol. The van der Waals surface area contributed by atoms with Crippen molar-refractivity contribution in [3.63, 3.8) is 0 Å². The predicted octanol–water partition coefficient (Wildman–Crippen LogP) is 2.30. The fourth-order valence-electron chi connectivity index (χ4n) is 2.38. The van der Waals surface area contributed by atoms with Crippen LogP contribution in [0.2, 0.25) is 0 Å². The van der Waals surface area contributed by atoms with Crippen LogP contribution in [0.15, 0.2) is 0 Å². The van der Waals surface area contributed by atoms with Gasteiger partial charge < -0.3 is 10.6 Å². The summed E-state index contributed by atoms with van der Waals surface area (Å²) in [7, 11) is 0. The number of alkyl halides is 3. The quantitative estimate of drug-likeness (QED) is 0.848. The van der Waals surface area contributed by atoms with Gasteiger partial charge in [-0.3, -0.25) is 4.79 Å². The lowest BCUT2D eigenvalue weighted by Crippen LogP contribution is -2.44. The molecule has 1 fully saturated rings. The maximum Gasteiger partial charge on any atom is 0.406 e. The van der Waals surface area contributed by atoms with Gasteiger partial charge in [-0.2, -0.15) is 13.2 Å². The van der Waals surface area contributed by atoms with E-state index in [4.69, 9.17) is 5.73 Å². The van der Waals surface area contributed by atoms with E-state index < -0.39 is 12.7 Å². The first-order chi connectivity index (χ1) is 8.33. The smallest absolute Gasteiger partial charge is 0.333 e. The molecule has 3 nitrogen and oxygen atoms in total. The third-order valence-corrected chi connectivity index (χ3v) is 3.30. The minimum atomic E-state index is -4.32. The summed E-state index contributed by atoms with van der Waals surface area (Å²) in [6, 6.07) is 0.0938. The van der Waals surface area contributed by atoms with Gasteiger partial charge in [-0.15, -0.1) is 0 Å². The molecule has 1 aliphatic rings. The van der Waals surface area contributed by atoms with Gasteiger partial charge in [0.15, 0.2) is 0 Å². The predicted molar refractivity (Wildman–Crippen MR) is 62.9 cm³/mol. The molecule has 0 aliphatic heterocycles. The molecule has 0 aromatic heterocycles. The lowest BCUT2D eigenvalue weighted by Gasteiger charge is -2.31. The first-order valence-corrected chi connectivity index (χ1v) is 6.44. The van der Waals surface area contributed by atoms with E-state index in [0.29, 0.717) is 19.3 Å². The number of amides is 1. The van der Waals surface area contributed by atoms with Crippen LogP contribution in [0.3, 0.4) is 0 Å². The molecule has 6 heteroatoms. The minimum Gasteiger partial charge on any atom is -0.333 e. The van der Waals surface area contributed by atoms with Gasteiger partial charge in [-0.25, -0.2) is 0 Å². The topological polar surface area (TPSA) is 46.3 Å². The zero-order valence-corrected chi connectivity index (χ0v) is 10.7. The molecule has 1 amide bonds. The van der Waals surface area contributed by atoms with Crippen LogP contribution in [0, 0.1) is 5.92 Å². The van der Waals surface area contributed by atoms with Gasteiger partial charge in [-0.05, 0) is 32.1 Å². The Morgan fingerprint density at radius 3 is 2.28 bits per heavy atom. The van der Waals surface area contributed by atoms with E-state index in [0.717, 1.165) is 17.7 Å². The summed E-state index contributed by atoms with van der Waals surface area (Å²) in [4.78, 5) is 13.0. The second kappa shape index (κ2) is 6.41. The van der Waals surface area contributed by atoms with Gasteiger partial charge in [0.05, 0.1) is 0 Å². The van der Waals surface area contributed by atoms with E-state index >= 15 is 0 Å². The van der Waals surface area contributed by atoms with Crippen LogP contribution in [0.25, 0.3) is 0 Å². The maximum atomic E-state index is 12.4. The van der Waals surface area contributed by atoms with Crippen molar-refractivity contribution in [2.75, 3.05) is 13.1 Å². The van der Waals surface area contributed by atoms with E-state index in [9.17, 15) is 18.0 Å². The summed E-state index contributed by atoms with van der Waals surface area (Å²) in [5.41, 5.74) is 5.73. The first kappa shape index (κ1) is 15.3. The molecule has 0 aromatic rings. The molecule has 1 aliphatic carbocycles. The number of hydrogen-bond donors (Lipinski definition) is 1. The number of halogens is 3. The Kier molecular flexibility index (Phi) is 5.44. The van der Waals surface area contributed by atoms with Gasteiger partial charge in [0.25, 0.3) is 0 Å². The summed E-state index contributed by atoms with van der Waals surface area (Å²) in [5, 5.41) is 0. The highest BCUT2D eigenvalue weighted by molar-refractivity contribution is 5.79. The zero-order chi connectivity index (χ0) is 13.8. The van der Waals surface area contributed by atoms with Gasteiger partial charge in [-0.1, -0.05) is 6.92 Å². The molecule has 1 saturated carbocycles. The molecule has 2 N–H and O–H groups in total. The van der Waals surface area contributed by atoms with E-state index in [1.165, 1.54) is 0 Å². The molecule has 0 saturated heterocycles.